The molecule has 0 aromatic heterocycles. The number of alkyl halides is 7. The van der Waals surface area contributed by atoms with Crippen LogP contribution >= 0.6 is 0 Å². The Morgan fingerprint density at radius 3 is 2.21 bits per heavy atom. The van der Waals surface area contributed by atoms with E-state index in [1.165, 1.54) is 0 Å². The highest BCUT2D eigenvalue weighted by molar-refractivity contribution is 7.92. The number of benzene rings is 2. The highest BCUT2D eigenvalue weighted by atomic mass is 32.2. The van der Waals surface area contributed by atoms with Crippen LogP contribution < -0.4 is 5.32 Å². The molecule has 2 amide bonds. The van der Waals surface area contributed by atoms with Crippen molar-refractivity contribution in [2.24, 2.45) is 5.92 Å². The van der Waals surface area contributed by atoms with Crippen molar-refractivity contribution < 1.29 is 70.9 Å². The number of fused-ring (bicyclic) bond motifs is 3. The first kappa shape index (κ1) is 28.1. The van der Waals surface area contributed by atoms with Gasteiger partial charge in [0, 0.05) is 39.5 Å². The normalized spacial score (nSPS) is 26.2. The minimum atomic E-state index is -6.45. The third-order valence-electron chi connectivity index (χ3n) is 9.36. The first-order valence-corrected chi connectivity index (χ1v) is 15.8. The number of carbonyl (C=O) groups excluding carboxylic acids is 3. The predicted octanol–water partition coefficient (Wildman–Crippen LogP) is 5.18. The summed E-state index contributed by atoms with van der Waals surface area (Å²) >= 11 is 0. The maximum absolute atomic E-state index is 15.1. The fourth-order valence-electron chi connectivity index (χ4n) is 7.30. The maximum Gasteiger partial charge on any atom is 0.435 e. The maximum atomic E-state index is 15.1. The van der Waals surface area contributed by atoms with Gasteiger partial charge in [0.1, 0.15) is 10.6 Å². The van der Waals surface area contributed by atoms with Crippen LogP contribution in [0.5, 0.6) is 0 Å². The monoisotopic (exact) mass is 716 g/mol. The van der Waals surface area contributed by atoms with E-state index in [-0.39, 0.29) is 36.5 Å². The third-order valence-corrected chi connectivity index (χ3v) is 11.9. The molecule has 1 heterocycles. The average Bonchev–Trinajstić information content (AvgIpc) is 3.40. The van der Waals surface area contributed by atoms with Gasteiger partial charge in [-0.15, -0.1) is 0 Å². The summed E-state index contributed by atoms with van der Waals surface area (Å²) in [6.07, 6.45) is -15.0. The summed E-state index contributed by atoms with van der Waals surface area (Å²) < 4.78 is 187. The van der Waals surface area contributed by atoms with Crippen LogP contribution in [0.2, 0.25) is 0 Å². The lowest BCUT2D eigenvalue weighted by molar-refractivity contribution is -0.348. The van der Waals surface area contributed by atoms with Gasteiger partial charge in [-0.3, -0.25) is 14.4 Å². The van der Waals surface area contributed by atoms with Crippen LogP contribution in [0.25, 0.3) is 0 Å². The van der Waals surface area contributed by atoms with Gasteiger partial charge in [-0.2, -0.15) is 26.3 Å². The number of hydrogen-bond acceptors (Lipinski definition) is 6. The molecule has 2 aromatic carbocycles. The van der Waals surface area contributed by atoms with Gasteiger partial charge in [-0.1, -0.05) is 18.2 Å². The Morgan fingerprint density at radius 1 is 0.979 bits per heavy atom. The molecule has 1 aliphatic heterocycles. The standard InChI is InChI=1S/C31H30F8N2O6S/c1-17(42)41-15-27(16-41,47-18(2)43)14-26(44)40-25-11-12-28(48(45,46)22-7-5-21(32)6-8-22)23-10-4-20(13-19(23)3-9-24(25)28)29(33,30(34,35)36)31(37,38)39/h4-8,10,13,24-25H,3,9,11-12,14-16H2,1-2H3,(H,40,44)/t24-,25+,28+/m0/s1/i1D3,2D3. The van der Waals surface area contributed by atoms with Crippen LogP contribution in [0.4, 0.5) is 35.1 Å². The number of esters is 1. The zero-order chi connectivity index (χ0) is 40.7. The Balaban J connectivity index is 1.52. The average molecular weight is 717 g/mol. The number of hydrogen-bond donors (Lipinski definition) is 1. The zero-order valence-corrected chi connectivity index (χ0v) is 25.3. The number of halogens is 8. The van der Waals surface area contributed by atoms with Crippen molar-refractivity contribution in [3.05, 3.63) is 65.0 Å². The van der Waals surface area contributed by atoms with Gasteiger partial charge in [0.05, 0.1) is 24.4 Å². The highest BCUT2D eigenvalue weighted by Gasteiger charge is 2.74. The fourth-order valence-corrected chi connectivity index (χ4v) is 9.78. The van der Waals surface area contributed by atoms with Gasteiger partial charge in [0.15, 0.2) is 15.4 Å². The predicted molar refractivity (Wildman–Crippen MR) is 151 cm³/mol. The van der Waals surface area contributed by atoms with E-state index in [9.17, 15) is 53.5 Å². The topological polar surface area (TPSA) is 110 Å². The highest BCUT2D eigenvalue weighted by Crippen LogP contribution is 2.59. The van der Waals surface area contributed by atoms with Gasteiger partial charge >= 0.3 is 24.0 Å². The lowest BCUT2D eigenvalue weighted by Crippen LogP contribution is -2.66. The summed E-state index contributed by atoms with van der Waals surface area (Å²) in [4.78, 5) is 38.4. The smallest absolute Gasteiger partial charge is 0.435 e. The van der Waals surface area contributed by atoms with Crippen molar-refractivity contribution >= 4 is 27.6 Å². The van der Waals surface area contributed by atoms with Crippen molar-refractivity contribution in [2.45, 2.75) is 85.1 Å². The number of nitrogens with one attached hydrogen (secondary N) is 1. The number of carbonyl (C=O) groups is 3. The van der Waals surface area contributed by atoms with E-state index in [2.05, 4.69) is 5.32 Å². The number of sulfone groups is 1. The van der Waals surface area contributed by atoms with Crippen LogP contribution in [0.1, 0.15) is 64.3 Å². The molecule has 5 rings (SSSR count). The van der Waals surface area contributed by atoms with E-state index in [1.54, 1.807) is 0 Å². The first-order valence-electron chi connectivity index (χ1n) is 17.3. The van der Waals surface area contributed by atoms with E-state index < -0.39 is 124 Å². The Bertz CT molecular complexity index is 1940. The number of likely N-dealkylation sites (tertiary alicyclic amines) is 1. The molecule has 48 heavy (non-hydrogen) atoms. The van der Waals surface area contributed by atoms with Crippen molar-refractivity contribution in [2.75, 3.05) is 13.1 Å². The number of rotatable bonds is 7. The summed E-state index contributed by atoms with van der Waals surface area (Å²) in [5, 5.41) is 2.58. The Labute approximate surface area is 278 Å². The molecule has 3 aliphatic rings. The van der Waals surface area contributed by atoms with E-state index in [1.807, 2.05) is 0 Å². The molecule has 262 valence electrons. The molecular weight excluding hydrogens is 680 g/mol. The van der Waals surface area contributed by atoms with Gasteiger partial charge in [-0.05, 0) is 61.1 Å². The molecule has 0 unspecified atom stereocenters. The van der Waals surface area contributed by atoms with Gasteiger partial charge in [-0.25, -0.2) is 17.2 Å². The summed E-state index contributed by atoms with van der Waals surface area (Å²) in [7, 11) is -4.74. The molecule has 2 aromatic rings. The molecule has 3 atom stereocenters. The molecule has 2 fully saturated rings. The zero-order valence-electron chi connectivity index (χ0n) is 30.5. The molecule has 0 radical (unpaired) electrons. The lowest BCUT2D eigenvalue weighted by Gasteiger charge is -2.48. The number of amides is 2. The largest absolute Gasteiger partial charge is 0.455 e. The molecule has 0 spiro atoms. The van der Waals surface area contributed by atoms with Gasteiger partial charge in [0.2, 0.25) is 11.8 Å². The third kappa shape index (κ3) is 5.60. The minimum absolute atomic E-state index is 0.179. The molecule has 1 saturated carbocycles. The summed E-state index contributed by atoms with van der Waals surface area (Å²) in [6, 6.07) is 3.48. The Kier molecular flexibility index (Phi) is 6.85. The van der Waals surface area contributed by atoms with Gasteiger partial charge < -0.3 is 15.0 Å². The molecule has 1 saturated heterocycles. The molecule has 17 heteroatoms. The second kappa shape index (κ2) is 11.7. The molecular formula is C31H30F8N2O6S. The van der Waals surface area contributed by atoms with Crippen LogP contribution in [-0.4, -0.2) is 68.2 Å². The van der Waals surface area contributed by atoms with Crippen molar-refractivity contribution in [1.82, 2.24) is 10.2 Å². The minimum Gasteiger partial charge on any atom is -0.455 e. The number of aryl methyl sites for hydroxylation is 1. The fraction of sp³-hybridized carbons (Fsp3) is 0.516. The van der Waals surface area contributed by atoms with Crippen molar-refractivity contribution in [3.8, 4) is 0 Å². The Hall–Kier alpha value is -3.76. The SMILES string of the molecule is [2H]C([2H])([2H])C(=O)OC1(CC(=O)N[C@@H]2CC[C@@]3(S(=O)(=O)c4ccc(F)cc4)c4ccc(C(F)(C(F)(F)F)C(F)(F)F)cc4CC[C@@H]23)CN(C(=O)C([2H])([2H])[2H])C1. The summed E-state index contributed by atoms with van der Waals surface area (Å²) in [6.45, 7) is -7.85. The van der Waals surface area contributed by atoms with Crippen LogP contribution in [-0.2, 0) is 45.8 Å². The van der Waals surface area contributed by atoms with E-state index in [0.717, 1.165) is 24.3 Å². The summed E-state index contributed by atoms with van der Waals surface area (Å²) in [5.74, 6) is -6.12. The second-order valence-corrected chi connectivity index (χ2v) is 14.3. The molecule has 8 nitrogen and oxygen atoms in total. The van der Waals surface area contributed by atoms with Crippen LogP contribution in [0.3, 0.4) is 0 Å². The van der Waals surface area contributed by atoms with Crippen LogP contribution in [0, 0.1) is 11.7 Å². The van der Waals surface area contributed by atoms with E-state index >= 15 is 4.39 Å². The number of ether oxygens (including phenoxy) is 1. The van der Waals surface area contributed by atoms with Crippen molar-refractivity contribution in [1.29, 1.82) is 0 Å². The number of nitrogens with zero attached hydrogens (tertiary/aromatic N) is 1. The van der Waals surface area contributed by atoms with Crippen molar-refractivity contribution in [3.63, 3.8) is 0 Å². The van der Waals surface area contributed by atoms with Gasteiger partial charge in [0.25, 0.3) is 0 Å². The van der Waals surface area contributed by atoms with E-state index in [0.29, 0.717) is 17.0 Å². The molecule has 0 bridgehead atoms. The quantitative estimate of drug-likeness (QED) is 0.241. The molecule has 1 N–H and O–H groups in total. The lowest BCUT2D eigenvalue weighted by atomic mass is 9.73. The second-order valence-electron chi connectivity index (χ2n) is 12.1. The first-order chi connectivity index (χ1) is 24.5. The van der Waals surface area contributed by atoms with E-state index in [4.69, 9.17) is 13.0 Å². The van der Waals surface area contributed by atoms with Crippen LogP contribution in [0.15, 0.2) is 47.4 Å². The Morgan fingerprint density at radius 2 is 1.62 bits per heavy atom. The molecule has 2 aliphatic carbocycles. The summed E-state index contributed by atoms with van der Waals surface area (Å²) in [5.41, 5.74) is -10.3.